The number of benzene rings is 8. The summed E-state index contributed by atoms with van der Waals surface area (Å²) in [6, 6.07) is 68.3. The fourth-order valence-corrected chi connectivity index (χ4v) is 11.3. The number of fused-ring (bicyclic) bond motifs is 11. The molecule has 0 fully saturated rings. The van der Waals surface area contributed by atoms with Gasteiger partial charge in [0.15, 0.2) is 17.5 Å². The molecule has 2 heterocycles. The third-order valence-electron chi connectivity index (χ3n) is 12.5. The number of nitrogens with zero attached hydrogens (tertiary/aromatic N) is 3. The molecule has 2 aliphatic carbocycles. The molecule has 0 radical (unpaired) electrons. The second kappa shape index (κ2) is 14.0. The van der Waals surface area contributed by atoms with Crippen molar-refractivity contribution in [3.05, 3.63) is 240 Å². The summed E-state index contributed by atoms with van der Waals surface area (Å²) in [7, 11) is 0. The minimum atomic E-state index is -0.450. The van der Waals surface area contributed by atoms with Gasteiger partial charge in [0.1, 0.15) is 0 Å². The van der Waals surface area contributed by atoms with Crippen LogP contribution in [0.3, 0.4) is 0 Å². The third-order valence-corrected chi connectivity index (χ3v) is 13.8. The minimum Gasteiger partial charge on any atom is -0.208 e. The van der Waals surface area contributed by atoms with Crippen LogP contribution in [-0.4, -0.2) is 15.0 Å². The third kappa shape index (κ3) is 5.41. The van der Waals surface area contributed by atoms with Crippen LogP contribution >= 0.6 is 11.8 Å². The molecule has 60 heavy (non-hydrogen) atoms. The number of aromatic nitrogens is 3. The van der Waals surface area contributed by atoms with Gasteiger partial charge in [-0.15, -0.1) is 0 Å². The summed E-state index contributed by atoms with van der Waals surface area (Å²) in [5, 5.41) is 2.56. The SMILES string of the molecule is C1=CC(c2nc(-c3ccccc3)nc(-c3ccccc3)n2)=CC(c2cccc(-c3cccc4c3Sc3c(ccc5ccccc35)C43c4ccccc4-c4ccccc43)c2)C1. The van der Waals surface area contributed by atoms with Crippen LogP contribution in [0.2, 0.25) is 0 Å². The van der Waals surface area contributed by atoms with Gasteiger partial charge in [0, 0.05) is 32.4 Å². The second-order valence-corrected chi connectivity index (χ2v) is 16.8. The van der Waals surface area contributed by atoms with Crippen molar-refractivity contribution in [3.63, 3.8) is 0 Å². The molecular weight excluding hydrogens is 747 g/mol. The molecule has 282 valence electrons. The van der Waals surface area contributed by atoms with Gasteiger partial charge in [-0.05, 0) is 67.3 Å². The molecular formula is C56H37N3S. The van der Waals surface area contributed by atoms with E-state index in [-0.39, 0.29) is 5.92 Å². The molecule has 0 bridgehead atoms. The van der Waals surface area contributed by atoms with E-state index in [1.54, 1.807) is 0 Å². The van der Waals surface area contributed by atoms with Gasteiger partial charge in [-0.3, -0.25) is 0 Å². The van der Waals surface area contributed by atoms with E-state index >= 15 is 0 Å². The molecule has 0 saturated heterocycles. The maximum absolute atomic E-state index is 5.06. The van der Waals surface area contributed by atoms with E-state index in [0.29, 0.717) is 17.5 Å². The highest BCUT2D eigenvalue weighted by Gasteiger charge is 2.50. The van der Waals surface area contributed by atoms with Crippen LogP contribution in [0.1, 0.15) is 46.0 Å². The molecule has 3 nitrogen and oxygen atoms in total. The summed E-state index contributed by atoms with van der Waals surface area (Å²) in [5.74, 6) is 2.17. The fraction of sp³-hybridized carbons (Fsp3) is 0.0536. The van der Waals surface area contributed by atoms with Gasteiger partial charge in [-0.25, -0.2) is 15.0 Å². The zero-order valence-electron chi connectivity index (χ0n) is 32.7. The van der Waals surface area contributed by atoms with Crippen molar-refractivity contribution in [1.82, 2.24) is 15.0 Å². The number of rotatable bonds is 5. The lowest BCUT2D eigenvalue weighted by molar-refractivity contribution is 0.726. The van der Waals surface area contributed by atoms with Gasteiger partial charge >= 0.3 is 0 Å². The van der Waals surface area contributed by atoms with Crippen LogP contribution < -0.4 is 0 Å². The summed E-state index contributed by atoms with van der Waals surface area (Å²) in [4.78, 5) is 17.7. The Morgan fingerprint density at radius 1 is 0.450 bits per heavy atom. The lowest BCUT2D eigenvalue weighted by atomic mass is 9.66. The molecule has 12 rings (SSSR count). The normalized spacial score (nSPS) is 15.5. The standard InChI is InChI=1S/C56H37N3S/c1-3-17-37(18-4-1)53-57-54(38-19-5-2-6-20-38)59-55(58-53)42-24-14-22-40(35-42)39-21-13-23-41(34-39)44-28-15-31-49-52(44)60-51-43-25-8-7-16-36(43)32-33-50(51)56(49)47-29-11-9-26-45(47)46-27-10-12-30-48(46)56/h1-21,23-35,40H,22H2. The summed E-state index contributed by atoms with van der Waals surface area (Å²) in [5.41, 5.74) is 14.3. The van der Waals surface area contributed by atoms with Crippen molar-refractivity contribution in [1.29, 1.82) is 0 Å². The van der Waals surface area contributed by atoms with Gasteiger partial charge < -0.3 is 0 Å². The fourth-order valence-electron chi connectivity index (χ4n) is 9.82. The van der Waals surface area contributed by atoms with Gasteiger partial charge in [0.05, 0.1) is 5.41 Å². The van der Waals surface area contributed by atoms with Crippen molar-refractivity contribution in [3.8, 4) is 45.0 Å². The van der Waals surface area contributed by atoms with Crippen LogP contribution in [0.25, 0.3) is 61.4 Å². The van der Waals surface area contributed by atoms with E-state index in [9.17, 15) is 0 Å². The van der Waals surface area contributed by atoms with Crippen molar-refractivity contribution < 1.29 is 0 Å². The molecule has 4 heteroatoms. The van der Waals surface area contributed by atoms with Crippen LogP contribution in [0.15, 0.2) is 216 Å². The molecule has 1 spiro atoms. The first-order valence-corrected chi connectivity index (χ1v) is 21.4. The Labute approximate surface area is 353 Å². The highest BCUT2D eigenvalue weighted by atomic mass is 32.2. The molecule has 1 unspecified atom stereocenters. The van der Waals surface area contributed by atoms with Gasteiger partial charge in [-0.1, -0.05) is 218 Å². The van der Waals surface area contributed by atoms with Crippen LogP contribution in [0.4, 0.5) is 0 Å². The highest BCUT2D eigenvalue weighted by molar-refractivity contribution is 8.00. The number of allylic oxidation sites excluding steroid dienone is 4. The Kier molecular flexibility index (Phi) is 8.14. The molecule has 1 aromatic heterocycles. The molecule has 0 N–H and O–H groups in total. The largest absolute Gasteiger partial charge is 0.208 e. The highest BCUT2D eigenvalue weighted by Crippen LogP contribution is 2.64. The number of hydrogen-bond acceptors (Lipinski definition) is 4. The maximum Gasteiger partial charge on any atom is 0.164 e. The molecule has 0 amide bonds. The quantitative estimate of drug-likeness (QED) is 0.174. The zero-order chi connectivity index (χ0) is 39.6. The molecule has 1 atom stereocenters. The molecule has 1 aliphatic heterocycles. The van der Waals surface area contributed by atoms with E-state index in [1.807, 2.05) is 48.2 Å². The maximum atomic E-state index is 5.06. The summed E-state index contributed by atoms with van der Waals surface area (Å²) >= 11 is 1.94. The van der Waals surface area contributed by atoms with Crippen molar-refractivity contribution in [2.45, 2.75) is 27.5 Å². The first-order valence-electron chi connectivity index (χ1n) is 20.6. The molecule has 3 aliphatic rings. The first kappa shape index (κ1) is 34.9. The second-order valence-electron chi connectivity index (χ2n) is 15.8. The average molecular weight is 784 g/mol. The summed E-state index contributed by atoms with van der Waals surface area (Å²) < 4.78 is 0. The lowest BCUT2D eigenvalue weighted by Gasteiger charge is -2.41. The minimum absolute atomic E-state index is 0.152. The monoisotopic (exact) mass is 783 g/mol. The van der Waals surface area contributed by atoms with Gasteiger partial charge in [-0.2, -0.15) is 0 Å². The predicted molar refractivity (Wildman–Crippen MR) is 246 cm³/mol. The molecule has 9 aromatic rings. The van der Waals surface area contributed by atoms with Crippen LogP contribution in [0.5, 0.6) is 0 Å². The smallest absolute Gasteiger partial charge is 0.164 e. The first-order chi connectivity index (χ1) is 29.7. The Bertz CT molecular complexity index is 3120. The van der Waals surface area contributed by atoms with E-state index in [4.69, 9.17) is 15.0 Å². The van der Waals surface area contributed by atoms with Gasteiger partial charge in [0.25, 0.3) is 0 Å². The van der Waals surface area contributed by atoms with Crippen LogP contribution in [-0.2, 0) is 5.41 Å². The van der Waals surface area contributed by atoms with E-state index in [0.717, 1.165) is 23.1 Å². The van der Waals surface area contributed by atoms with Crippen LogP contribution in [0, 0.1) is 0 Å². The topological polar surface area (TPSA) is 38.7 Å². The Morgan fingerprint density at radius 2 is 1.02 bits per heavy atom. The van der Waals surface area contributed by atoms with E-state index in [1.165, 1.54) is 70.6 Å². The summed E-state index contributed by atoms with van der Waals surface area (Å²) in [6.45, 7) is 0. The summed E-state index contributed by atoms with van der Waals surface area (Å²) in [6.07, 6.45) is 7.67. The zero-order valence-corrected chi connectivity index (χ0v) is 33.5. The lowest BCUT2D eigenvalue weighted by Crippen LogP contribution is -2.32. The van der Waals surface area contributed by atoms with Gasteiger partial charge in [0.2, 0.25) is 0 Å². The molecule has 8 aromatic carbocycles. The van der Waals surface area contributed by atoms with E-state index in [2.05, 4.69) is 170 Å². The number of hydrogen-bond donors (Lipinski definition) is 0. The Hall–Kier alpha value is -7.14. The van der Waals surface area contributed by atoms with Crippen molar-refractivity contribution in [2.24, 2.45) is 0 Å². The van der Waals surface area contributed by atoms with E-state index < -0.39 is 5.41 Å². The average Bonchev–Trinajstić information content (AvgIpc) is 3.62. The van der Waals surface area contributed by atoms with Crippen molar-refractivity contribution in [2.75, 3.05) is 0 Å². The molecule has 0 saturated carbocycles. The predicted octanol–water partition coefficient (Wildman–Crippen LogP) is 14.0. The van der Waals surface area contributed by atoms with Crippen molar-refractivity contribution >= 4 is 28.1 Å². The Morgan fingerprint density at radius 3 is 1.75 bits per heavy atom. The Balaban J connectivity index is 1.00.